The van der Waals surface area contributed by atoms with Gasteiger partial charge in [0.2, 0.25) is 0 Å². The van der Waals surface area contributed by atoms with Crippen molar-refractivity contribution in [3.05, 3.63) is 109 Å². The minimum absolute atomic E-state index is 0.893. The smallest absolute Gasteiger partial charge is 0.126 e. The molecule has 0 aliphatic heterocycles. The van der Waals surface area contributed by atoms with Crippen LogP contribution in [0.25, 0.3) is 54.6 Å². The summed E-state index contributed by atoms with van der Waals surface area (Å²) in [5, 5.41) is 7.09. The quantitative estimate of drug-likeness (QED) is 0.274. The topological polar surface area (TPSA) is 18.5 Å². The van der Waals surface area contributed by atoms with E-state index in [2.05, 4.69) is 109 Å². The van der Waals surface area contributed by atoms with Crippen LogP contribution in [-0.2, 0) is 0 Å². The van der Waals surface area contributed by atoms with Crippen LogP contribution in [-0.4, -0.2) is 14.2 Å². The van der Waals surface area contributed by atoms with E-state index in [1.54, 1.807) is 14.2 Å². The van der Waals surface area contributed by atoms with Crippen molar-refractivity contribution in [1.29, 1.82) is 0 Å². The molecule has 0 bridgehead atoms. The van der Waals surface area contributed by atoms with Crippen molar-refractivity contribution in [2.45, 2.75) is 0 Å². The standard InChI is InChI=1S/C32H24O2/c1-33-31-19-17-27(23-11-5-7-13-29(23)31)25-15-16-26(22-10-4-3-9-21(22)25)28-18-20-32(34-2)30-14-8-6-12-24(28)30/h3-20H,1-2H3. The highest BCUT2D eigenvalue weighted by molar-refractivity contribution is 6.13. The molecule has 0 atom stereocenters. The minimum atomic E-state index is 0.893. The summed E-state index contributed by atoms with van der Waals surface area (Å²) in [6, 6.07) is 38.6. The fourth-order valence-electron chi connectivity index (χ4n) is 5.14. The van der Waals surface area contributed by atoms with Crippen molar-refractivity contribution in [2.75, 3.05) is 14.2 Å². The molecule has 0 saturated heterocycles. The average molecular weight is 441 g/mol. The first-order valence-corrected chi connectivity index (χ1v) is 11.4. The van der Waals surface area contributed by atoms with Gasteiger partial charge in [-0.3, -0.25) is 0 Å². The Morgan fingerprint density at radius 3 is 0.912 bits per heavy atom. The highest BCUT2D eigenvalue weighted by atomic mass is 16.5. The molecule has 0 amide bonds. The lowest BCUT2D eigenvalue weighted by Crippen LogP contribution is -1.91. The minimum Gasteiger partial charge on any atom is -0.496 e. The van der Waals surface area contributed by atoms with Crippen molar-refractivity contribution in [3.8, 4) is 33.8 Å². The highest BCUT2D eigenvalue weighted by Gasteiger charge is 2.15. The van der Waals surface area contributed by atoms with Crippen LogP contribution < -0.4 is 9.47 Å². The molecule has 0 aliphatic carbocycles. The zero-order chi connectivity index (χ0) is 23.1. The number of methoxy groups -OCH3 is 2. The van der Waals surface area contributed by atoms with Gasteiger partial charge >= 0.3 is 0 Å². The van der Waals surface area contributed by atoms with Gasteiger partial charge in [-0.05, 0) is 55.9 Å². The van der Waals surface area contributed by atoms with Gasteiger partial charge in [0.1, 0.15) is 11.5 Å². The third kappa shape index (κ3) is 3.11. The van der Waals surface area contributed by atoms with Gasteiger partial charge in [-0.1, -0.05) is 97.1 Å². The number of benzene rings is 6. The van der Waals surface area contributed by atoms with Gasteiger partial charge in [0.15, 0.2) is 0 Å². The van der Waals surface area contributed by atoms with E-state index < -0.39 is 0 Å². The fourth-order valence-corrected chi connectivity index (χ4v) is 5.14. The van der Waals surface area contributed by atoms with Crippen LogP contribution in [0.15, 0.2) is 109 Å². The largest absolute Gasteiger partial charge is 0.496 e. The molecule has 0 heterocycles. The summed E-state index contributed by atoms with van der Waals surface area (Å²) < 4.78 is 11.3. The molecule has 2 nitrogen and oxygen atoms in total. The molecule has 0 saturated carbocycles. The maximum absolute atomic E-state index is 5.63. The first-order valence-electron chi connectivity index (χ1n) is 11.4. The summed E-state index contributed by atoms with van der Waals surface area (Å²) in [7, 11) is 3.45. The molecular weight excluding hydrogens is 416 g/mol. The zero-order valence-electron chi connectivity index (χ0n) is 19.2. The predicted octanol–water partition coefficient (Wildman–Crippen LogP) is 8.50. The van der Waals surface area contributed by atoms with Crippen molar-refractivity contribution in [3.63, 3.8) is 0 Å². The maximum atomic E-state index is 5.63. The van der Waals surface area contributed by atoms with Crippen LogP contribution in [0.5, 0.6) is 11.5 Å². The van der Waals surface area contributed by atoms with E-state index in [0.717, 1.165) is 22.3 Å². The Hall–Kier alpha value is -4.30. The summed E-state index contributed by atoms with van der Waals surface area (Å²) in [5.41, 5.74) is 4.85. The molecule has 0 spiro atoms. The predicted molar refractivity (Wildman–Crippen MR) is 143 cm³/mol. The summed E-state index contributed by atoms with van der Waals surface area (Å²) in [5.74, 6) is 1.79. The van der Waals surface area contributed by atoms with E-state index in [-0.39, 0.29) is 0 Å². The number of ether oxygens (including phenoxy) is 2. The Balaban J connectivity index is 1.64. The summed E-state index contributed by atoms with van der Waals surface area (Å²) in [4.78, 5) is 0. The number of rotatable bonds is 4. The second-order valence-corrected chi connectivity index (χ2v) is 8.43. The summed E-state index contributed by atoms with van der Waals surface area (Å²) >= 11 is 0. The second kappa shape index (κ2) is 8.24. The molecule has 6 aromatic rings. The van der Waals surface area contributed by atoms with Crippen LogP contribution in [0, 0.1) is 0 Å². The van der Waals surface area contributed by atoms with Crippen molar-refractivity contribution in [2.24, 2.45) is 0 Å². The molecule has 0 aliphatic rings. The highest BCUT2D eigenvalue weighted by Crippen LogP contribution is 2.42. The van der Waals surface area contributed by atoms with Crippen LogP contribution in [0.2, 0.25) is 0 Å². The molecule has 0 fully saturated rings. The fraction of sp³-hybridized carbons (Fsp3) is 0.0625. The lowest BCUT2D eigenvalue weighted by atomic mass is 9.88. The summed E-state index contributed by atoms with van der Waals surface area (Å²) in [6.45, 7) is 0. The third-order valence-corrected chi connectivity index (χ3v) is 6.71. The molecule has 0 aromatic heterocycles. The number of hydrogen-bond donors (Lipinski definition) is 0. The Bertz CT molecular complexity index is 1550. The lowest BCUT2D eigenvalue weighted by molar-refractivity contribution is 0.420. The zero-order valence-corrected chi connectivity index (χ0v) is 19.2. The first kappa shape index (κ1) is 20.3. The van der Waals surface area contributed by atoms with Gasteiger partial charge in [-0.2, -0.15) is 0 Å². The number of hydrogen-bond acceptors (Lipinski definition) is 2. The Morgan fingerprint density at radius 2 is 0.588 bits per heavy atom. The molecule has 34 heavy (non-hydrogen) atoms. The lowest BCUT2D eigenvalue weighted by Gasteiger charge is -2.16. The Labute approximate surface area is 199 Å². The Morgan fingerprint density at radius 1 is 0.324 bits per heavy atom. The van der Waals surface area contributed by atoms with Gasteiger partial charge < -0.3 is 9.47 Å². The van der Waals surface area contributed by atoms with Crippen LogP contribution in [0.3, 0.4) is 0 Å². The van der Waals surface area contributed by atoms with Crippen molar-refractivity contribution < 1.29 is 9.47 Å². The van der Waals surface area contributed by atoms with E-state index in [1.807, 2.05) is 0 Å². The first-order chi connectivity index (χ1) is 16.8. The van der Waals surface area contributed by atoms with Gasteiger partial charge in [0.25, 0.3) is 0 Å². The van der Waals surface area contributed by atoms with Crippen molar-refractivity contribution in [1.82, 2.24) is 0 Å². The van der Waals surface area contributed by atoms with Crippen molar-refractivity contribution >= 4 is 32.3 Å². The van der Waals surface area contributed by atoms with Crippen LogP contribution in [0.4, 0.5) is 0 Å². The van der Waals surface area contributed by atoms with E-state index in [1.165, 1.54) is 43.8 Å². The van der Waals surface area contributed by atoms with Crippen LogP contribution in [0.1, 0.15) is 0 Å². The van der Waals surface area contributed by atoms with Gasteiger partial charge in [0.05, 0.1) is 14.2 Å². The van der Waals surface area contributed by atoms with E-state index in [4.69, 9.17) is 9.47 Å². The SMILES string of the molecule is COc1ccc(-c2ccc(-c3ccc(OC)c4ccccc34)c3ccccc23)c2ccccc12. The number of fused-ring (bicyclic) bond motifs is 3. The molecule has 0 unspecified atom stereocenters. The summed E-state index contributed by atoms with van der Waals surface area (Å²) in [6.07, 6.45) is 0. The Kier molecular flexibility index (Phi) is 4.92. The maximum Gasteiger partial charge on any atom is 0.126 e. The van der Waals surface area contributed by atoms with Crippen LogP contribution >= 0.6 is 0 Å². The van der Waals surface area contributed by atoms with E-state index >= 15 is 0 Å². The molecule has 0 radical (unpaired) electrons. The van der Waals surface area contributed by atoms with E-state index in [9.17, 15) is 0 Å². The molecule has 164 valence electrons. The second-order valence-electron chi connectivity index (χ2n) is 8.43. The normalized spacial score (nSPS) is 11.2. The molecule has 0 N–H and O–H groups in total. The molecule has 2 heteroatoms. The monoisotopic (exact) mass is 440 g/mol. The molecule has 6 aromatic carbocycles. The average Bonchev–Trinajstić information content (AvgIpc) is 2.91. The van der Waals surface area contributed by atoms with Gasteiger partial charge in [-0.25, -0.2) is 0 Å². The third-order valence-electron chi connectivity index (χ3n) is 6.71. The molecule has 6 rings (SSSR count). The van der Waals surface area contributed by atoms with Gasteiger partial charge in [0, 0.05) is 10.8 Å². The van der Waals surface area contributed by atoms with Gasteiger partial charge in [-0.15, -0.1) is 0 Å². The molecular formula is C32H24O2. The van der Waals surface area contributed by atoms with E-state index in [0.29, 0.717) is 0 Å².